The number of fused-ring (bicyclic) bond motifs is 1. The first-order valence-corrected chi connectivity index (χ1v) is 11.9. The summed E-state index contributed by atoms with van der Waals surface area (Å²) in [6.45, 7) is 5.92. The quantitative estimate of drug-likeness (QED) is 0.352. The summed E-state index contributed by atoms with van der Waals surface area (Å²) >= 11 is 1.25. The van der Waals surface area contributed by atoms with E-state index in [0.29, 0.717) is 17.3 Å². The van der Waals surface area contributed by atoms with Crippen LogP contribution in [0.5, 0.6) is 0 Å². The van der Waals surface area contributed by atoms with Crippen molar-refractivity contribution in [3.63, 3.8) is 0 Å². The second kappa shape index (κ2) is 10.4. The number of nitrogens with zero attached hydrogens (tertiary/aromatic N) is 3. The molecule has 0 radical (unpaired) electrons. The van der Waals surface area contributed by atoms with Crippen molar-refractivity contribution in [2.24, 2.45) is 16.8 Å². The first-order valence-electron chi connectivity index (χ1n) is 9.55. The van der Waals surface area contributed by atoms with Crippen LogP contribution in [0.4, 0.5) is 0 Å². The van der Waals surface area contributed by atoms with Crippen LogP contribution in [0.15, 0.2) is 26.7 Å². The summed E-state index contributed by atoms with van der Waals surface area (Å²) in [6, 6.07) is 3.41. The van der Waals surface area contributed by atoms with Crippen molar-refractivity contribution in [1.29, 1.82) is 0 Å². The molecule has 0 amide bonds. The minimum atomic E-state index is -3.39. The van der Waals surface area contributed by atoms with Gasteiger partial charge in [-0.25, -0.2) is 8.42 Å². The molecule has 2 atom stereocenters. The van der Waals surface area contributed by atoms with Crippen molar-refractivity contribution in [3.8, 4) is 0 Å². The van der Waals surface area contributed by atoms with Gasteiger partial charge in [-0.05, 0) is 43.0 Å². The average molecular weight is 527 g/mol. The van der Waals surface area contributed by atoms with Crippen molar-refractivity contribution < 1.29 is 8.42 Å². The SMILES string of the molecule is CCNC(=NCCN(C)S(=O)(=O)c1cccs1)N1CC2CCCCC2C1.I. The highest BCUT2D eigenvalue weighted by atomic mass is 127. The van der Waals surface area contributed by atoms with Gasteiger partial charge in [0.1, 0.15) is 4.21 Å². The second-order valence-electron chi connectivity index (χ2n) is 7.20. The normalized spacial score (nSPS) is 23.2. The van der Waals surface area contributed by atoms with Crippen LogP contribution in [0.2, 0.25) is 0 Å². The molecule has 1 aromatic rings. The molecule has 154 valence electrons. The van der Waals surface area contributed by atoms with Crippen LogP contribution in [0, 0.1) is 11.8 Å². The van der Waals surface area contributed by atoms with Crippen molar-refractivity contribution in [2.75, 3.05) is 39.8 Å². The summed E-state index contributed by atoms with van der Waals surface area (Å²) in [4.78, 5) is 7.09. The van der Waals surface area contributed by atoms with Gasteiger partial charge in [0.15, 0.2) is 5.96 Å². The topological polar surface area (TPSA) is 65.0 Å². The van der Waals surface area contributed by atoms with Gasteiger partial charge in [-0.15, -0.1) is 35.3 Å². The predicted octanol–water partition coefficient (Wildman–Crippen LogP) is 3.07. The standard InChI is InChI=1S/C18H30N4O2S2.HI/c1-3-19-18(22-13-15-7-4-5-8-16(15)14-22)20-10-11-21(2)26(23,24)17-9-6-12-25-17;/h6,9,12,15-16H,3-5,7-8,10-11,13-14H2,1-2H3,(H,19,20);1H. The van der Waals surface area contributed by atoms with E-state index >= 15 is 0 Å². The highest BCUT2D eigenvalue weighted by Gasteiger charge is 2.35. The van der Waals surface area contributed by atoms with Crippen LogP contribution < -0.4 is 5.32 Å². The summed E-state index contributed by atoms with van der Waals surface area (Å²) in [5.41, 5.74) is 0. The minimum Gasteiger partial charge on any atom is -0.357 e. The van der Waals surface area contributed by atoms with E-state index in [1.54, 1.807) is 24.6 Å². The second-order valence-corrected chi connectivity index (χ2v) is 10.4. The third-order valence-electron chi connectivity index (χ3n) is 5.45. The number of sulfonamides is 1. The first kappa shape index (κ1) is 22.9. The van der Waals surface area contributed by atoms with Gasteiger partial charge in [0.05, 0.1) is 6.54 Å². The highest BCUT2D eigenvalue weighted by molar-refractivity contribution is 14.0. The lowest BCUT2D eigenvalue weighted by Crippen LogP contribution is -2.41. The van der Waals surface area contributed by atoms with Gasteiger partial charge in [-0.3, -0.25) is 4.99 Å². The monoisotopic (exact) mass is 526 g/mol. The van der Waals surface area contributed by atoms with Gasteiger partial charge in [0, 0.05) is 33.2 Å². The van der Waals surface area contributed by atoms with Gasteiger partial charge in [-0.1, -0.05) is 18.9 Å². The smallest absolute Gasteiger partial charge is 0.252 e. The molecule has 2 unspecified atom stereocenters. The van der Waals surface area contributed by atoms with Crippen LogP contribution in [0.25, 0.3) is 0 Å². The number of hydrogen-bond donors (Lipinski definition) is 1. The molecule has 0 aromatic carbocycles. The van der Waals surface area contributed by atoms with E-state index in [4.69, 9.17) is 4.99 Å². The van der Waals surface area contributed by atoms with Crippen LogP contribution >= 0.6 is 35.3 Å². The molecule has 2 aliphatic rings. The van der Waals surface area contributed by atoms with E-state index in [-0.39, 0.29) is 24.0 Å². The maximum atomic E-state index is 12.5. The fourth-order valence-electron chi connectivity index (χ4n) is 3.99. The van der Waals surface area contributed by atoms with E-state index < -0.39 is 10.0 Å². The highest BCUT2D eigenvalue weighted by Crippen LogP contribution is 2.35. The van der Waals surface area contributed by atoms with Crippen molar-refractivity contribution in [2.45, 2.75) is 36.8 Å². The number of guanidine groups is 1. The Labute approximate surface area is 184 Å². The molecular weight excluding hydrogens is 495 g/mol. The number of likely N-dealkylation sites (N-methyl/N-ethyl adjacent to an activating group) is 1. The van der Waals surface area contributed by atoms with Crippen LogP contribution in [0.1, 0.15) is 32.6 Å². The first-order chi connectivity index (χ1) is 12.5. The Morgan fingerprint density at radius 2 is 2.00 bits per heavy atom. The predicted molar refractivity (Wildman–Crippen MR) is 123 cm³/mol. The lowest BCUT2D eigenvalue weighted by Gasteiger charge is -2.22. The van der Waals surface area contributed by atoms with Gasteiger partial charge in [0.2, 0.25) is 0 Å². The molecule has 0 bridgehead atoms. The molecule has 1 aromatic heterocycles. The summed E-state index contributed by atoms with van der Waals surface area (Å²) in [5, 5.41) is 5.17. The van der Waals surface area contributed by atoms with E-state index in [0.717, 1.165) is 37.4 Å². The zero-order valence-electron chi connectivity index (χ0n) is 16.1. The molecule has 1 N–H and O–H groups in total. The number of likely N-dealkylation sites (tertiary alicyclic amines) is 1. The van der Waals surface area contributed by atoms with Gasteiger partial charge in [-0.2, -0.15) is 4.31 Å². The number of rotatable bonds is 6. The maximum Gasteiger partial charge on any atom is 0.252 e. The van der Waals surface area contributed by atoms with Gasteiger partial charge >= 0.3 is 0 Å². The van der Waals surface area contributed by atoms with E-state index in [1.165, 1.54) is 41.3 Å². The number of thiophene rings is 1. The molecule has 2 fully saturated rings. The summed E-state index contributed by atoms with van der Waals surface area (Å²) in [6.07, 6.45) is 5.38. The Balaban J connectivity index is 0.00000261. The summed E-state index contributed by atoms with van der Waals surface area (Å²) in [5.74, 6) is 2.53. The lowest BCUT2D eigenvalue weighted by molar-refractivity contribution is 0.299. The molecule has 1 aliphatic heterocycles. The van der Waals surface area contributed by atoms with Crippen LogP contribution in [-0.4, -0.2) is 63.4 Å². The number of nitrogens with one attached hydrogen (secondary N) is 1. The molecule has 2 heterocycles. The van der Waals surface area contributed by atoms with Crippen molar-refractivity contribution in [3.05, 3.63) is 17.5 Å². The van der Waals surface area contributed by atoms with E-state index in [1.807, 2.05) is 0 Å². The fourth-order valence-corrected chi connectivity index (χ4v) is 6.35. The molecule has 9 heteroatoms. The molecule has 1 aliphatic carbocycles. The zero-order chi connectivity index (χ0) is 18.6. The Bertz CT molecular complexity index is 695. The largest absolute Gasteiger partial charge is 0.357 e. The Kier molecular flexibility index (Phi) is 8.82. The van der Waals surface area contributed by atoms with Crippen molar-refractivity contribution >= 4 is 51.3 Å². The Hall–Kier alpha value is -0.390. The van der Waals surface area contributed by atoms with Gasteiger partial charge < -0.3 is 10.2 Å². The number of aliphatic imine (C=N–C) groups is 1. The van der Waals surface area contributed by atoms with E-state index in [2.05, 4.69) is 17.1 Å². The molecule has 3 rings (SSSR count). The number of halogens is 1. The molecule has 27 heavy (non-hydrogen) atoms. The molecule has 0 spiro atoms. The van der Waals surface area contributed by atoms with E-state index in [9.17, 15) is 8.42 Å². The van der Waals surface area contributed by atoms with Crippen LogP contribution in [0.3, 0.4) is 0 Å². The van der Waals surface area contributed by atoms with Crippen molar-refractivity contribution in [1.82, 2.24) is 14.5 Å². The molecule has 6 nitrogen and oxygen atoms in total. The third-order valence-corrected chi connectivity index (χ3v) is 8.68. The third kappa shape index (κ3) is 5.57. The fraction of sp³-hybridized carbons (Fsp3) is 0.722. The molecule has 1 saturated heterocycles. The lowest BCUT2D eigenvalue weighted by atomic mass is 9.82. The number of hydrogen-bond acceptors (Lipinski definition) is 4. The molecule has 1 saturated carbocycles. The van der Waals surface area contributed by atoms with Gasteiger partial charge in [0.25, 0.3) is 10.0 Å². The van der Waals surface area contributed by atoms with Crippen LogP contribution in [-0.2, 0) is 10.0 Å². The minimum absolute atomic E-state index is 0. The molecular formula is C18H31IN4O2S2. The Morgan fingerprint density at radius 3 is 2.56 bits per heavy atom. The summed E-state index contributed by atoms with van der Waals surface area (Å²) < 4.78 is 26.8. The summed E-state index contributed by atoms with van der Waals surface area (Å²) in [7, 11) is -1.77. The maximum absolute atomic E-state index is 12.5. The Morgan fingerprint density at radius 1 is 1.33 bits per heavy atom. The average Bonchev–Trinajstić information content (AvgIpc) is 3.30. The zero-order valence-corrected chi connectivity index (χ0v) is 20.1.